The zero-order valence-corrected chi connectivity index (χ0v) is 8.53. The molecule has 0 spiro atoms. The Bertz CT molecular complexity index is 304. The highest BCUT2D eigenvalue weighted by Gasteiger charge is 2.18. The van der Waals surface area contributed by atoms with E-state index < -0.39 is 0 Å². The number of carbonyl (C=O) groups excluding carboxylic acids is 1. The summed E-state index contributed by atoms with van der Waals surface area (Å²) in [5.74, 6) is 0.800. The molecule has 1 aromatic heterocycles. The van der Waals surface area contributed by atoms with Crippen LogP contribution in [0.25, 0.3) is 0 Å². The lowest BCUT2D eigenvalue weighted by Crippen LogP contribution is -2.27. The van der Waals surface area contributed by atoms with Crippen molar-refractivity contribution in [3.8, 4) is 0 Å². The van der Waals surface area contributed by atoms with Gasteiger partial charge in [-0.1, -0.05) is 0 Å². The second-order valence-electron chi connectivity index (χ2n) is 3.65. The van der Waals surface area contributed by atoms with Crippen LogP contribution < -0.4 is 5.32 Å². The maximum Gasteiger partial charge on any atom is 0.222 e. The highest BCUT2D eigenvalue weighted by atomic mass is 16.5. The zero-order chi connectivity index (χ0) is 10.5. The van der Waals surface area contributed by atoms with Gasteiger partial charge >= 0.3 is 0 Å². The number of hydrogen-bond donors (Lipinski definition) is 2. The van der Waals surface area contributed by atoms with Gasteiger partial charge in [0, 0.05) is 19.0 Å². The summed E-state index contributed by atoms with van der Waals surface area (Å²) >= 11 is 0. The first-order valence-corrected chi connectivity index (χ1v) is 5.21. The average Bonchev–Trinajstić information content (AvgIpc) is 2.86. The van der Waals surface area contributed by atoms with E-state index in [1.807, 2.05) is 0 Å². The van der Waals surface area contributed by atoms with Gasteiger partial charge in [0.25, 0.3) is 0 Å². The first-order chi connectivity index (χ1) is 7.34. The summed E-state index contributed by atoms with van der Waals surface area (Å²) < 4.78 is 5.38. The molecule has 5 nitrogen and oxygen atoms in total. The second-order valence-corrected chi connectivity index (χ2v) is 3.65. The minimum atomic E-state index is 0.0262. The van der Waals surface area contributed by atoms with Crippen molar-refractivity contribution < 1.29 is 9.53 Å². The molecule has 1 unspecified atom stereocenters. The molecule has 1 fully saturated rings. The van der Waals surface area contributed by atoms with Gasteiger partial charge in [-0.05, 0) is 12.8 Å². The maximum absolute atomic E-state index is 11.5. The number of ether oxygens (including phenoxy) is 1. The molecule has 0 aromatic carbocycles. The number of aromatic amines is 1. The molecular formula is C10H15N3O2. The van der Waals surface area contributed by atoms with E-state index in [9.17, 15) is 4.79 Å². The van der Waals surface area contributed by atoms with E-state index in [4.69, 9.17) is 4.74 Å². The van der Waals surface area contributed by atoms with Crippen molar-refractivity contribution >= 4 is 5.91 Å². The van der Waals surface area contributed by atoms with Crippen LogP contribution in [0.1, 0.15) is 25.1 Å². The molecule has 2 N–H and O–H groups in total. The molecular weight excluding hydrogens is 194 g/mol. The fraction of sp³-hybridized carbons (Fsp3) is 0.600. The molecule has 0 bridgehead atoms. The molecule has 1 aromatic rings. The van der Waals surface area contributed by atoms with E-state index in [1.165, 1.54) is 0 Å². The number of carbonyl (C=O) groups is 1. The molecule has 1 amide bonds. The topological polar surface area (TPSA) is 67.0 Å². The van der Waals surface area contributed by atoms with E-state index in [0.29, 0.717) is 13.0 Å². The largest absolute Gasteiger partial charge is 0.378 e. The van der Waals surface area contributed by atoms with Crippen LogP contribution in [-0.2, 0) is 16.1 Å². The molecule has 1 atom stereocenters. The molecule has 82 valence electrons. The van der Waals surface area contributed by atoms with Crippen molar-refractivity contribution in [1.29, 1.82) is 0 Å². The van der Waals surface area contributed by atoms with Crippen LogP contribution in [0, 0.1) is 0 Å². The molecule has 5 heteroatoms. The van der Waals surface area contributed by atoms with Crippen molar-refractivity contribution in [3.05, 3.63) is 18.2 Å². The van der Waals surface area contributed by atoms with E-state index in [0.717, 1.165) is 25.3 Å². The Morgan fingerprint density at radius 1 is 1.73 bits per heavy atom. The summed E-state index contributed by atoms with van der Waals surface area (Å²) in [5, 5.41) is 2.80. The van der Waals surface area contributed by atoms with Crippen molar-refractivity contribution in [1.82, 2.24) is 15.3 Å². The van der Waals surface area contributed by atoms with Crippen LogP contribution in [0.15, 0.2) is 12.4 Å². The van der Waals surface area contributed by atoms with E-state index >= 15 is 0 Å². The van der Waals surface area contributed by atoms with Crippen LogP contribution in [-0.4, -0.2) is 28.6 Å². The summed E-state index contributed by atoms with van der Waals surface area (Å²) in [6.07, 6.45) is 6.04. The smallest absolute Gasteiger partial charge is 0.222 e. The Labute approximate surface area is 88.2 Å². The van der Waals surface area contributed by atoms with Gasteiger partial charge in [0.1, 0.15) is 5.82 Å². The van der Waals surface area contributed by atoms with Gasteiger partial charge in [-0.3, -0.25) is 4.79 Å². The summed E-state index contributed by atoms with van der Waals surface area (Å²) in [7, 11) is 0. The predicted molar refractivity (Wildman–Crippen MR) is 54.0 cm³/mol. The van der Waals surface area contributed by atoms with E-state index in [1.54, 1.807) is 12.4 Å². The fourth-order valence-electron chi connectivity index (χ4n) is 1.66. The van der Waals surface area contributed by atoms with Crippen LogP contribution in [0.3, 0.4) is 0 Å². The molecule has 1 aliphatic heterocycles. The van der Waals surface area contributed by atoms with Gasteiger partial charge in [-0.15, -0.1) is 0 Å². The van der Waals surface area contributed by atoms with Crippen molar-refractivity contribution in [2.45, 2.75) is 31.9 Å². The van der Waals surface area contributed by atoms with E-state index in [-0.39, 0.29) is 12.0 Å². The summed E-state index contributed by atoms with van der Waals surface area (Å²) in [4.78, 5) is 18.4. The lowest BCUT2D eigenvalue weighted by Gasteiger charge is -2.08. The Morgan fingerprint density at radius 2 is 2.67 bits per heavy atom. The van der Waals surface area contributed by atoms with Gasteiger partial charge in [-0.2, -0.15) is 0 Å². The monoisotopic (exact) mass is 209 g/mol. The highest BCUT2D eigenvalue weighted by molar-refractivity contribution is 5.76. The normalized spacial score (nSPS) is 20.4. The molecule has 2 heterocycles. The quantitative estimate of drug-likeness (QED) is 0.762. The van der Waals surface area contributed by atoms with Crippen LogP contribution in [0.2, 0.25) is 0 Å². The Balaban J connectivity index is 1.68. The number of imidazole rings is 1. The molecule has 1 saturated heterocycles. The van der Waals surface area contributed by atoms with Crippen LogP contribution in [0.5, 0.6) is 0 Å². The third-order valence-electron chi connectivity index (χ3n) is 2.44. The summed E-state index contributed by atoms with van der Waals surface area (Å²) in [6, 6.07) is 0. The number of H-pyrrole nitrogens is 1. The number of amides is 1. The van der Waals surface area contributed by atoms with Gasteiger partial charge in [-0.25, -0.2) is 4.98 Å². The lowest BCUT2D eigenvalue weighted by molar-refractivity contribution is -0.123. The lowest BCUT2D eigenvalue weighted by atomic mass is 10.2. The van der Waals surface area contributed by atoms with Crippen LogP contribution in [0.4, 0.5) is 0 Å². The van der Waals surface area contributed by atoms with Gasteiger partial charge < -0.3 is 15.0 Å². The Hall–Kier alpha value is -1.36. The molecule has 1 aliphatic rings. The molecule has 0 radical (unpaired) electrons. The second kappa shape index (κ2) is 4.93. The predicted octanol–water partition coefficient (Wildman–Crippen LogP) is 0.595. The maximum atomic E-state index is 11.5. The van der Waals surface area contributed by atoms with Gasteiger partial charge in [0.05, 0.1) is 19.1 Å². The SMILES string of the molecule is O=C(CC1CCCO1)NCc1ncc[nH]1. The third kappa shape index (κ3) is 3.06. The summed E-state index contributed by atoms with van der Waals surface area (Å²) in [6.45, 7) is 1.24. The van der Waals surface area contributed by atoms with Crippen molar-refractivity contribution in [3.63, 3.8) is 0 Å². The first-order valence-electron chi connectivity index (χ1n) is 5.21. The zero-order valence-electron chi connectivity index (χ0n) is 8.53. The highest BCUT2D eigenvalue weighted by Crippen LogP contribution is 2.14. The number of nitrogens with zero attached hydrogens (tertiary/aromatic N) is 1. The number of rotatable bonds is 4. The Kier molecular flexibility index (Phi) is 3.34. The van der Waals surface area contributed by atoms with E-state index in [2.05, 4.69) is 15.3 Å². The van der Waals surface area contributed by atoms with Crippen molar-refractivity contribution in [2.75, 3.05) is 6.61 Å². The minimum Gasteiger partial charge on any atom is -0.378 e. The van der Waals surface area contributed by atoms with Gasteiger partial charge in [0.2, 0.25) is 5.91 Å². The third-order valence-corrected chi connectivity index (χ3v) is 2.44. The Morgan fingerprint density at radius 3 is 3.33 bits per heavy atom. The molecule has 15 heavy (non-hydrogen) atoms. The van der Waals surface area contributed by atoms with Crippen LogP contribution >= 0.6 is 0 Å². The molecule has 2 rings (SSSR count). The standard InChI is InChI=1S/C10H15N3O2/c14-10(6-8-2-1-5-15-8)13-7-9-11-3-4-12-9/h3-4,8H,1-2,5-7H2,(H,11,12)(H,13,14). The summed E-state index contributed by atoms with van der Waals surface area (Å²) in [5.41, 5.74) is 0. The van der Waals surface area contributed by atoms with Crippen molar-refractivity contribution in [2.24, 2.45) is 0 Å². The fourth-order valence-corrected chi connectivity index (χ4v) is 1.66. The molecule has 0 aliphatic carbocycles. The number of nitrogens with one attached hydrogen (secondary N) is 2. The number of hydrogen-bond acceptors (Lipinski definition) is 3. The average molecular weight is 209 g/mol. The van der Waals surface area contributed by atoms with Gasteiger partial charge in [0.15, 0.2) is 0 Å². The minimum absolute atomic E-state index is 0.0262. The first kappa shape index (κ1) is 10.2. The number of aromatic nitrogens is 2. The molecule has 0 saturated carbocycles.